The van der Waals surface area contributed by atoms with Crippen LogP contribution in [0.3, 0.4) is 0 Å². The van der Waals surface area contributed by atoms with Crippen LogP contribution in [0.5, 0.6) is 0 Å². The molecule has 0 heterocycles. The third-order valence-electron chi connectivity index (χ3n) is 8.26. The Bertz CT molecular complexity index is 825. The van der Waals surface area contributed by atoms with Crippen LogP contribution in [0.1, 0.15) is 116 Å². The molecule has 0 aliphatic heterocycles. The first-order chi connectivity index (χ1) is 14.7. The SMILES string of the molecule is CCc1ccc(C(CC(C)(C)C)C(C)(C)C(C)(C)CC(c2ccc(C)cc2)C(C)C)cc1. The lowest BCUT2D eigenvalue weighted by Crippen LogP contribution is -2.41. The van der Waals surface area contributed by atoms with E-state index in [1.165, 1.54) is 35.1 Å². The fourth-order valence-electron chi connectivity index (χ4n) is 5.22. The van der Waals surface area contributed by atoms with Crippen LogP contribution in [0.2, 0.25) is 0 Å². The van der Waals surface area contributed by atoms with E-state index in [-0.39, 0.29) is 16.2 Å². The lowest BCUT2D eigenvalue weighted by atomic mass is 9.54. The summed E-state index contributed by atoms with van der Waals surface area (Å²) < 4.78 is 0. The van der Waals surface area contributed by atoms with Crippen LogP contribution in [0.15, 0.2) is 48.5 Å². The summed E-state index contributed by atoms with van der Waals surface area (Å²) in [5, 5.41) is 0. The largest absolute Gasteiger partial charge is 0.0622 e. The molecule has 0 heteroatoms. The number of aryl methyl sites for hydroxylation is 2. The number of hydrogen-bond acceptors (Lipinski definition) is 0. The highest BCUT2D eigenvalue weighted by Gasteiger charge is 2.46. The first-order valence-electron chi connectivity index (χ1n) is 12.8. The normalized spacial score (nSPS) is 15.1. The van der Waals surface area contributed by atoms with Gasteiger partial charge < -0.3 is 0 Å². The van der Waals surface area contributed by atoms with Crippen LogP contribution < -0.4 is 0 Å². The van der Waals surface area contributed by atoms with Gasteiger partial charge >= 0.3 is 0 Å². The predicted octanol–water partition coefficient (Wildman–Crippen LogP) is 9.96. The lowest BCUT2D eigenvalue weighted by molar-refractivity contribution is 0.0379. The van der Waals surface area contributed by atoms with Crippen molar-refractivity contribution >= 4 is 0 Å². The van der Waals surface area contributed by atoms with E-state index in [1.54, 1.807) is 0 Å². The highest BCUT2D eigenvalue weighted by atomic mass is 14.5. The van der Waals surface area contributed by atoms with E-state index in [4.69, 9.17) is 0 Å². The Morgan fingerprint density at radius 3 is 1.62 bits per heavy atom. The molecule has 0 spiro atoms. The molecular weight excluding hydrogens is 384 g/mol. The number of rotatable bonds is 9. The number of hydrogen-bond donors (Lipinski definition) is 0. The number of benzene rings is 2. The Morgan fingerprint density at radius 1 is 0.688 bits per heavy atom. The molecule has 2 rings (SSSR count). The van der Waals surface area contributed by atoms with E-state index in [9.17, 15) is 0 Å². The molecule has 0 radical (unpaired) electrons. The zero-order chi connectivity index (χ0) is 24.3. The highest BCUT2D eigenvalue weighted by molar-refractivity contribution is 5.29. The molecule has 0 aliphatic rings. The van der Waals surface area contributed by atoms with Crippen molar-refractivity contribution in [3.05, 3.63) is 70.8 Å². The van der Waals surface area contributed by atoms with E-state index in [2.05, 4.69) is 125 Å². The van der Waals surface area contributed by atoms with E-state index >= 15 is 0 Å². The summed E-state index contributed by atoms with van der Waals surface area (Å²) in [7, 11) is 0. The van der Waals surface area contributed by atoms with Gasteiger partial charge in [0.05, 0.1) is 0 Å². The van der Waals surface area contributed by atoms with Gasteiger partial charge in [-0.15, -0.1) is 0 Å². The van der Waals surface area contributed by atoms with Crippen LogP contribution >= 0.6 is 0 Å². The van der Waals surface area contributed by atoms with Gasteiger partial charge in [-0.3, -0.25) is 0 Å². The predicted molar refractivity (Wildman–Crippen MR) is 144 cm³/mol. The van der Waals surface area contributed by atoms with E-state index in [0.29, 0.717) is 17.8 Å². The summed E-state index contributed by atoms with van der Waals surface area (Å²) in [6, 6.07) is 18.8. The second-order valence-corrected chi connectivity index (χ2v) is 13.0. The zero-order valence-electron chi connectivity index (χ0n) is 23.0. The zero-order valence-corrected chi connectivity index (χ0v) is 23.0. The second-order valence-electron chi connectivity index (χ2n) is 13.0. The van der Waals surface area contributed by atoms with Gasteiger partial charge in [0.2, 0.25) is 0 Å². The molecule has 0 N–H and O–H groups in total. The minimum Gasteiger partial charge on any atom is -0.0622 e. The van der Waals surface area contributed by atoms with Crippen molar-refractivity contribution in [3.8, 4) is 0 Å². The van der Waals surface area contributed by atoms with Gasteiger partial charge in [-0.05, 0) is 76.9 Å². The molecular formula is C32H50. The van der Waals surface area contributed by atoms with E-state index < -0.39 is 0 Å². The topological polar surface area (TPSA) is 0 Å². The van der Waals surface area contributed by atoms with E-state index in [0.717, 1.165) is 6.42 Å². The Kier molecular flexibility index (Phi) is 8.46. The molecule has 0 saturated heterocycles. The van der Waals surface area contributed by atoms with Gasteiger partial charge in [-0.2, -0.15) is 0 Å². The van der Waals surface area contributed by atoms with Gasteiger partial charge in [0, 0.05) is 0 Å². The van der Waals surface area contributed by atoms with Gasteiger partial charge in [-0.1, -0.05) is 123 Å². The van der Waals surface area contributed by atoms with Crippen molar-refractivity contribution in [1.82, 2.24) is 0 Å². The minimum absolute atomic E-state index is 0.159. The maximum absolute atomic E-state index is 2.53. The van der Waals surface area contributed by atoms with Gasteiger partial charge in [0.25, 0.3) is 0 Å². The van der Waals surface area contributed by atoms with Gasteiger partial charge in [0.1, 0.15) is 0 Å². The molecule has 0 fully saturated rings. The lowest BCUT2D eigenvalue weighted by Gasteiger charge is -2.51. The molecule has 0 nitrogen and oxygen atoms in total. The van der Waals surface area contributed by atoms with Crippen molar-refractivity contribution in [2.24, 2.45) is 22.2 Å². The summed E-state index contributed by atoms with van der Waals surface area (Å²) in [6.45, 7) is 26.5. The second kappa shape index (κ2) is 10.1. The molecule has 2 atom stereocenters. The average Bonchev–Trinajstić information content (AvgIpc) is 2.70. The van der Waals surface area contributed by atoms with E-state index in [1.807, 2.05) is 0 Å². The first kappa shape index (κ1) is 26.7. The molecule has 2 aromatic rings. The van der Waals surface area contributed by atoms with Crippen molar-refractivity contribution in [2.45, 2.75) is 107 Å². The smallest absolute Gasteiger partial charge is 0.0101 e. The van der Waals surface area contributed by atoms with Crippen LogP contribution in [-0.4, -0.2) is 0 Å². The molecule has 0 aliphatic carbocycles. The van der Waals surface area contributed by atoms with Crippen molar-refractivity contribution in [1.29, 1.82) is 0 Å². The summed E-state index contributed by atoms with van der Waals surface area (Å²) >= 11 is 0. The summed E-state index contributed by atoms with van der Waals surface area (Å²) in [5.41, 5.74) is 6.41. The van der Waals surface area contributed by atoms with Crippen molar-refractivity contribution in [2.75, 3.05) is 0 Å². The van der Waals surface area contributed by atoms with Crippen LogP contribution in [0, 0.1) is 29.1 Å². The fraction of sp³-hybridized carbons (Fsp3) is 0.625. The monoisotopic (exact) mass is 434 g/mol. The maximum Gasteiger partial charge on any atom is -0.0101 e. The fourth-order valence-corrected chi connectivity index (χ4v) is 5.22. The minimum atomic E-state index is 0.159. The van der Waals surface area contributed by atoms with Crippen molar-refractivity contribution in [3.63, 3.8) is 0 Å². The van der Waals surface area contributed by atoms with Crippen LogP contribution in [0.25, 0.3) is 0 Å². The van der Waals surface area contributed by atoms with Gasteiger partial charge in [-0.25, -0.2) is 0 Å². The first-order valence-corrected chi connectivity index (χ1v) is 12.8. The van der Waals surface area contributed by atoms with Gasteiger partial charge in [0.15, 0.2) is 0 Å². The molecule has 0 amide bonds. The summed E-state index contributed by atoms with van der Waals surface area (Å²) in [5.74, 6) is 1.72. The molecule has 0 aromatic heterocycles. The quantitative estimate of drug-likeness (QED) is 0.368. The van der Waals surface area contributed by atoms with Crippen LogP contribution in [-0.2, 0) is 6.42 Å². The molecule has 0 saturated carbocycles. The molecule has 0 bridgehead atoms. The van der Waals surface area contributed by atoms with Crippen LogP contribution in [0.4, 0.5) is 0 Å². The molecule has 2 unspecified atom stereocenters. The third kappa shape index (κ3) is 6.49. The molecule has 32 heavy (non-hydrogen) atoms. The Morgan fingerprint density at radius 2 is 1.19 bits per heavy atom. The van der Waals surface area contributed by atoms with Crippen molar-refractivity contribution < 1.29 is 0 Å². The summed E-state index contributed by atoms with van der Waals surface area (Å²) in [4.78, 5) is 0. The Labute approximate surface area is 200 Å². The highest BCUT2D eigenvalue weighted by Crippen LogP contribution is 2.56. The third-order valence-corrected chi connectivity index (χ3v) is 8.26. The Balaban J connectivity index is 2.45. The average molecular weight is 435 g/mol. The standard InChI is InChI=1S/C32H50/c1-12-25-15-19-27(20-16-25)29(22-30(5,6)7)32(10,11)31(8,9)21-28(23(2)3)26-17-13-24(4)14-18-26/h13-20,23,28-29H,12,21-22H2,1-11H3. The Hall–Kier alpha value is -1.56. The summed E-state index contributed by atoms with van der Waals surface area (Å²) in [6.07, 6.45) is 3.51. The maximum atomic E-state index is 2.53. The molecule has 2 aromatic carbocycles. The molecule has 178 valence electrons.